The normalized spacial score (nSPS) is 12.0. The molecule has 0 spiro atoms. The van der Waals surface area contributed by atoms with Gasteiger partial charge in [0.25, 0.3) is 0 Å². The Morgan fingerprint density at radius 2 is 2.17 bits per heavy atom. The highest BCUT2D eigenvalue weighted by molar-refractivity contribution is 4.67. The first-order valence-corrected chi connectivity index (χ1v) is 4.28. The van der Waals surface area contributed by atoms with Crippen molar-refractivity contribution < 1.29 is 9.84 Å². The van der Waals surface area contributed by atoms with E-state index in [1.165, 1.54) is 0 Å². The molecular formula is C8H20N2O2. The Labute approximate surface area is 74.1 Å². The minimum atomic E-state index is -0.231. The van der Waals surface area contributed by atoms with Gasteiger partial charge in [-0.2, -0.15) is 0 Å². The molecule has 0 aromatic heterocycles. The minimum Gasteiger partial charge on any atom is -0.396 e. The quantitative estimate of drug-likeness (QED) is 0.367. The van der Waals surface area contributed by atoms with Crippen LogP contribution in [-0.4, -0.2) is 37.1 Å². The summed E-state index contributed by atoms with van der Waals surface area (Å²) in [4.78, 5) is 0. The molecule has 12 heavy (non-hydrogen) atoms. The lowest BCUT2D eigenvalue weighted by Crippen LogP contribution is -2.32. The summed E-state index contributed by atoms with van der Waals surface area (Å²) in [5.41, 5.74) is 5.00. The molecule has 0 aromatic rings. The molecule has 0 fully saturated rings. The van der Waals surface area contributed by atoms with E-state index >= 15 is 0 Å². The van der Waals surface area contributed by atoms with E-state index in [4.69, 9.17) is 15.6 Å². The Hall–Kier alpha value is -0.160. The molecule has 4 N–H and O–H groups in total. The maximum Gasteiger partial charge on any atom is 0.0649 e. The van der Waals surface area contributed by atoms with Gasteiger partial charge < -0.3 is 20.9 Å². The maximum atomic E-state index is 8.69. The molecule has 0 radical (unpaired) electrons. The molecule has 0 unspecified atom stereocenters. The van der Waals surface area contributed by atoms with Crippen LogP contribution in [0.3, 0.4) is 0 Å². The summed E-state index contributed by atoms with van der Waals surface area (Å²) in [7, 11) is 0. The predicted octanol–water partition coefficient (Wildman–Crippen LogP) is -0.330. The molecule has 0 saturated heterocycles. The predicted molar refractivity (Wildman–Crippen MR) is 48.8 cm³/mol. The van der Waals surface area contributed by atoms with E-state index < -0.39 is 0 Å². The zero-order valence-corrected chi connectivity index (χ0v) is 7.97. The zero-order valence-electron chi connectivity index (χ0n) is 7.97. The number of nitrogens with two attached hydrogens (primary N) is 1. The molecule has 0 aromatic carbocycles. The third kappa shape index (κ3) is 6.54. The Morgan fingerprint density at radius 3 is 2.67 bits per heavy atom. The van der Waals surface area contributed by atoms with Crippen LogP contribution in [0.15, 0.2) is 0 Å². The molecule has 4 heteroatoms. The van der Waals surface area contributed by atoms with Crippen LogP contribution in [-0.2, 0) is 4.74 Å². The third-order valence-electron chi connectivity index (χ3n) is 1.63. The van der Waals surface area contributed by atoms with Gasteiger partial charge in [-0.1, -0.05) is 0 Å². The van der Waals surface area contributed by atoms with Gasteiger partial charge in [0, 0.05) is 19.8 Å². The average molecular weight is 176 g/mol. The number of nitrogens with one attached hydrogen (secondary N) is 1. The molecule has 0 aliphatic rings. The summed E-state index contributed by atoms with van der Waals surface area (Å²) in [6.07, 6.45) is 0.662. The van der Waals surface area contributed by atoms with Gasteiger partial charge in [-0.05, 0) is 20.3 Å². The van der Waals surface area contributed by atoms with E-state index in [2.05, 4.69) is 5.32 Å². The van der Waals surface area contributed by atoms with E-state index in [-0.39, 0.29) is 12.2 Å². The zero-order chi connectivity index (χ0) is 9.45. The number of ether oxygens (including phenoxy) is 1. The van der Waals surface area contributed by atoms with Crippen molar-refractivity contribution in [2.24, 2.45) is 5.73 Å². The van der Waals surface area contributed by atoms with E-state index in [9.17, 15) is 0 Å². The van der Waals surface area contributed by atoms with Crippen molar-refractivity contribution in [3.8, 4) is 0 Å². The lowest BCUT2D eigenvalue weighted by molar-refractivity contribution is -0.0306. The van der Waals surface area contributed by atoms with Crippen LogP contribution in [0.1, 0.15) is 20.3 Å². The summed E-state index contributed by atoms with van der Waals surface area (Å²) in [6.45, 7) is 5.95. The fourth-order valence-electron chi connectivity index (χ4n) is 0.843. The highest BCUT2D eigenvalue weighted by Crippen LogP contribution is 2.12. The van der Waals surface area contributed by atoms with Crippen LogP contribution in [0.25, 0.3) is 0 Å². The number of aliphatic hydroxyl groups excluding tert-OH is 1. The Kier molecular flexibility index (Phi) is 6.28. The summed E-state index contributed by atoms with van der Waals surface area (Å²) in [5.74, 6) is 0. The van der Waals surface area contributed by atoms with Gasteiger partial charge in [0.2, 0.25) is 0 Å². The molecule has 0 amide bonds. The van der Waals surface area contributed by atoms with Gasteiger partial charge in [-0.15, -0.1) is 0 Å². The van der Waals surface area contributed by atoms with Crippen LogP contribution in [0.5, 0.6) is 0 Å². The molecule has 0 bridgehead atoms. The molecule has 0 aliphatic carbocycles. The fourth-order valence-corrected chi connectivity index (χ4v) is 0.843. The van der Waals surface area contributed by atoms with Crippen LogP contribution in [0.4, 0.5) is 0 Å². The molecule has 0 saturated carbocycles. The van der Waals surface area contributed by atoms with E-state index in [1.807, 2.05) is 13.8 Å². The van der Waals surface area contributed by atoms with Crippen LogP contribution >= 0.6 is 0 Å². The maximum absolute atomic E-state index is 8.69. The van der Waals surface area contributed by atoms with Gasteiger partial charge >= 0.3 is 0 Å². The molecular weight excluding hydrogens is 156 g/mol. The molecule has 4 nitrogen and oxygen atoms in total. The highest BCUT2D eigenvalue weighted by Gasteiger charge is 2.16. The van der Waals surface area contributed by atoms with Gasteiger partial charge in [-0.25, -0.2) is 0 Å². The summed E-state index contributed by atoms with van der Waals surface area (Å²) in [6, 6.07) is 0. The summed E-state index contributed by atoms with van der Waals surface area (Å²) in [5, 5.41) is 11.6. The van der Waals surface area contributed by atoms with Gasteiger partial charge in [0.05, 0.1) is 12.2 Å². The first-order chi connectivity index (χ1) is 5.62. The second kappa shape index (κ2) is 6.37. The minimum absolute atomic E-state index is 0.164. The Bertz CT molecular complexity index is 107. The number of aliphatic hydroxyl groups is 1. The van der Waals surface area contributed by atoms with E-state index in [0.29, 0.717) is 19.7 Å². The van der Waals surface area contributed by atoms with Gasteiger partial charge in [-0.3, -0.25) is 0 Å². The molecule has 0 rings (SSSR count). The first-order valence-electron chi connectivity index (χ1n) is 4.28. The van der Waals surface area contributed by atoms with E-state index in [0.717, 1.165) is 6.54 Å². The van der Waals surface area contributed by atoms with Crippen molar-refractivity contribution in [2.75, 3.05) is 26.4 Å². The Balaban J connectivity index is 3.33. The fraction of sp³-hybridized carbons (Fsp3) is 1.00. The van der Waals surface area contributed by atoms with Crippen molar-refractivity contribution >= 4 is 0 Å². The second-order valence-corrected chi connectivity index (χ2v) is 3.29. The SMILES string of the molecule is CC(C)(CCO)OCCNCN. The summed E-state index contributed by atoms with van der Waals surface area (Å²) >= 11 is 0. The van der Waals surface area contributed by atoms with Crippen molar-refractivity contribution in [3.63, 3.8) is 0 Å². The van der Waals surface area contributed by atoms with Crippen LogP contribution in [0, 0.1) is 0 Å². The van der Waals surface area contributed by atoms with Crippen molar-refractivity contribution in [1.82, 2.24) is 5.32 Å². The van der Waals surface area contributed by atoms with Gasteiger partial charge in [0.15, 0.2) is 0 Å². The summed E-state index contributed by atoms with van der Waals surface area (Å²) < 4.78 is 5.49. The topological polar surface area (TPSA) is 67.5 Å². The number of hydrogen-bond acceptors (Lipinski definition) is 4. The van der Waals surface area contributed by atoms with Crippen LogP contribution < -0.4 is 11.1 Å². The third-order valence-corrected chi connectivity index (χ3v) is 1.63. The lowest BCUT2D eigenvalue weighted by Gasteiger charge is -2.24. The van der Waals surface area contributed by atoms with E-state index in [1.54, 1.807) is 0 Å². The molecule has 0 aliphatic heterocycles. The standard InChI is InChI=1S/C8H20N2O2/c1-8(2,3-5-11)12-6-4-10-7-9/h10-11H,3-7,9H2,1-2H3. The second-order valence-electron chi connectivity index (χ2n) is 3.29. The Morgan fingerprint density at radius 1 is 1.50 bits per heavy atom. The average Bonchev–Trinajstić information content (AvgIpc) is 1.98. The molecule has 0 heterocycles. The van der Waals surface area contributed by atoms with Crippen LogP contribution in [0.2, 0.25) is 0 Å². The molecule has 74 valence electrons. The number of hydrogen-bond donors (Lipinski definition) is 3. The highest BCUT2D eigenvalue weighted by atomic mass is 16.5. The van der Waals surface area contributed by atoms with Gasteiger partial charge in [0.1, 0.15) is 0 Å². The van der Waals surface area contributed by atoms with Crippen molar-refractivity contribution in [1.29, 1.82) is 0 Å². The number of rotatable bonds is 7. The van der Waals surface area contributed by atoms with Crippen molar-refractivity contribution in [2.45, 2.75) is 25.9 Å². The van der Waals surface area contributed by atoms with Crippen molar-refractivity contribution in [3.05, 3.63) is 0 Å². The first kappa shape index (κ1) is 11.8. The monoisotopic (exact) mass is 176 g/mol. The lowest BCUT2D eigenvalue weighted by atomic mass is 10.1. The smallest absolute Gasteiger partial charge is 0.0649 e. The largest absolute Gasteiger partial charge is 0.396 e. The molecule has 0 atom stereocenters.